The first-order valence-electron chi connectivity index (χ1n) is 8.26. The zero-order chi connectivity index (χ0) is 13.6. The molecule has 0 N–H and O–H groups in total. The molecule has 4 rings (SSSR count). The van der Waals surface area contributed by atoms with Crippen molar-refractivity contribution in [2.75, 3.05) is 6.54 Å². The van der Waals surface area contributed by atoms with Crippen molar-refractivity contribution in [1.29, 1.82) is 0 Å². The van der Waals surface area contributed by atoms with Gasteiger partial charge in [0, 0.05) is 24.7 Å². The van der Waals surface area contributed by atoms with Crippen LogP contribution in [0.25, 0.3) is 0 Å². The van der Waals surface area contributed by atoms with Crippen LogP contribution in [0.4, 0.5) is 4.39 Å². The van der Waals surface area contributed by atoms with Gasteiger partial charge in [-0.2, -0.15) is 0 Å². The molecule has 0 saturated heterocycles. The van der Waals surface area contributed by atoms with E-state index >= 15 is 0 Å². The molecule has 1 atom stereocenters. The minimum Gasteiger partial charge on any atom is -0.296 e. The first-order chi connectivity index (χ1) is 9.76. The minimum absolute atomic E-state index is 0.000719. The van der Waals surface area contributed by atoms with Crippen LogP contribution in [0.15, 0.2) is 18.2 Å². The van der Waals surface area contributed by atoms with Gasteiger partial charge in [-0.1, -0.05) is 25.0 Å². The van der Waals surface area contributed by atoms with Crippen molar-refractivity contribution in [2.45, 2.75) is 64.0 Å². The highest BCUT2D eigenvalue weighted by molar-refractivity contribution is 5.30. The van der Waals surface area contributed by atoms with Gasteiger partial charge in [0.05, 0.1) is 0 Å². The molecular formula is C18H24FN. The van der Waals surface area contributed by atoms with Crippen LogP contribution < -0.4 is 0 Å². The molecule has 1 aromatic carbocycles. The summed E-state index contributed by atoms with van der Waals surface area (Å²) in [5, 5.41) is 0. The molecule has 1 heterocycles. The largest absolute Gasteiger partial charge is 0.296 e. The summed E-state index contributed by atoms with van der Waals surface area (Å²) in [7, 11) is 0. The summed E-state index contributed by atoms with van der Waals surface area (Å²) in [5.74, 6) is 0.000719. The maximum Gasteiger partial charge on any atom is 0.127 e. The fourth-order valence-electron chi connectivity index (χ4n) is 4.94. The first kappa shape index (κ1) is 12.8. The quantitative estimate of drug-likeness (QED) is 0.737. The van der Waals surface area contributed by atoms with E-state index < -0.39 is 0 Å². The van der Waals surface area contributed by atoms with Gasteiger partial charge in [-0.15, -0.1) is 0 Å². The molecule has 0 bridgehead atoms. The summed E-state index contributed by atoms with van der Waals surface area (Å²) < 4.78 is 14.0. The average molecular weight is 273 g/mol. The third-order valence-corrected chi connectivity index (χ3v) is 6.10. The number of benzene rings is 1. The van der Waals surface area contributed by atoms with E-state index in [2.05, 4.69) is 11.0 Å². The molecule has 20 heavy (non-hydrogen) atoms. The second-order valence-corrected chi connectivity index (χ2v) is 7.20. The second-order valence-electron chi connectivity index (χ2n) is 7.20. The molecule has 0 radical (unpaired) electrons. The summed E-state index contributed by atoms with van der Waals surface area (Å²) in [4.78, 5) is 2.57. The molecule has 2 aliphatic carbocycles. The Kier molecular flexibility index (Phi) is 3.10. The predicted octanol–water partition coefficient (Wildman–Crippen LogP) is 4.30. The molecule has 1 nitrogen and oxygen atoms in total. The lowest BCUT2D eigenvalue weighted by Gasteiger charge is -2.35. The molecule has 1 spiro atoms. The fraction of sp³-hybridized carbons (Fsp3) is 0.667. The number of hydrogen-bond donors (Lipinski definition) is 0. The minimum atomic E-state index is 0.000719. The standard InChI is InChI=1S/C18H24FN/c19-17-5-3-4-14-7-11-20(13-16(14)17)15-6-10-18(12-15)8-1-2-9-18/h3-5,15H,1-2,6-13H2/t15-/m0/s1. The normalized spacial score (nSPS) is 28.9. The van der Waals surface area contributed by atoms with Gasteiger partial charge in [0.25, 0.3) is 0 Å². The molecule has 108 valence electrons. The van der Waals surface area contributed by atoms with Gasteiger partial charge in [-0.05, 0) is 55.6 Å². The summed E-state index contributed by atoms with van der Waals surface area (Å²) >= 11 is 0. The summed E-state index contributed by atoms with van der Waals surface area (Å²) in [5.41, 5.74) is 2.86. The maximum absolute atomic E-state index is 14.0. The van der Waals surface area contributed by atoms with Crippen molar-refractivity contribution in [3.63, 3.8) is 0 Å². The van der Waals surface area contributed by atoms with Crippen LogP contribution in [0.2, 0.25) is 0 Å². The monoisotopic (exact) mass is 273 g/mol. The Hall–Kier alpha value is -0.890. The van der Waals surface area contributed by atoms with Crippen molar-refractivity contribution in [2.24, 2.45) is 5.41 Å². The Morgan fingerprint density at radius 3 is 2.85 bits per heavy atom. The molecule has 0 unspecified atom stereocenters. The van der Waals surface area contributed by atoms with Gasteiger partial charge in [-0.25, -0.2) is 4.39 Å². The lowest BCUT2D eigenvalue weighted by atomic mass is 9.84. The zero-order valence-corrected chi connectivity index (χ0v) is 12.2. The van der Waals surface area contributed by atoms with Crippen molar-refractivity contribution in [1.82, 2.24) is 4.90 Å². The summed E-state index contributed by atoms with van der Waals surface area (Å²) in [6.07, 6.45) is 10.9. The molecule has 1 aromatic rings. The molecule has 3 aliphatic rings. The number of nitrogens with zero attached hydrogens (tertiary/aromatic N) is 1. The molecule has 0 amide bonds. The van der Waals surface area contributed by atoms with E-state index in [9.17, 15) is 4.39 Å². The Labute approximate surface area is 121 Å². The Balaban J connectivity index is 1.50. The van der Waals surface area contributed by atoms with E-state index in [0.717, 1.165) is 25.1 Å². The van der Waals surface area contributed by atoms with E-state index in [1.807, 2.05) is 6.07 Å². The van der Waals surface area contributed by atoms with E-state index in [1.165, 1.54) is 50.5 Å². The van der Waals surface area contributed by atoms with Crippen LogP contribution in [-0.4, -0.2) is 17.5 Å². The predicted molar refractivity (Wildman–Crippen MR) is 79.1 cm³/mol. The summed E-state index contributed by atoms with van der Waals surface area (Å²) in [6, 6.07) is 6.28. The van der Waals surface area contributed by atoms with E-state index in [-0.39, 0.29) is 5.82 Å². The van der Waals surface area contributed by atoms with Gasteiger partial charge >= 0.3 is 0 Å². The SMILES string of the molecule is Fc1cccc2c1CN([C@H]1CCC3(CCCC3)C1)CC2. The number of hydrogen-bond acceptors (Lipinski definition) is 1. The van der Waals surface area contributed by atoms with E-state index in [1.54, 1.807) is 6.07 Å². The van der Waals surface area contributed by atoms with Crippen LogP contribution in [0.3, 0.4) is 0 Å². The Morgan fingerprint density at radius 2 is 2.00 bits per heavy atom. The van der Waals surface area contributed by atoms with Gasteiger partial charge in [0.2, 0.25) is 0 Å². The zero-order valence-electron chi connectivity index (χ0n) is 12.2. The Bertz CT molecular complexity index is 504. The van der Waals surface area contributed by atoms with Crippen LogP contribution in [0.5, 0.6) is 0 Å². The summed E-state index contributed by atoms with van der Waals surface area (Å²) in [6.45, 7) is 1.96. The molecule has 2 saturated carbocycles. The second kappa shape index (κ2) is 4.84. The highest BCUT2D eigenvalue weighted by Gasteiger charge is 2.43. The lowest BCUT2D eigenvalue weighted by Crippen LogP contribution is -2.38. The smallest absolute Gasteiger partial charge is 0.127 e. The van der Waals surface area contributed by atoms with Gasteiger partial charge in [-0.3, -0.25) is 4.90 Å². The number of fused-ring (bicyclic) bond motifs is 1. The maximum atomic E-state index is 14.0. The van der Waals surface area contributed by atoms with Crippen molar-refractivity contribution < 1.29 is 4.39 Å². The van der Waals surface area contributed by atoms with Gasteiger partial charge in [0.1, 0.15) is 5.82 Å². The highest BCUT2D eigenvalue weighted by atomic mass is 19.1. The molecule has 2 fully saturated rings. The molecule has 0 aromatic heterocycles. The molecule has 2 heteroatoms. The fourth-order valence-corrected chi connectivity index (χ4v) is 4.94. The van der Waals surface area contributed by atoms with Crippen molar-refractivity contribution in [3.8, 4) is 0 Å². The first-order valence-corrected chi connectivity index (χ1v) is 8.26. The van der Waals surface area contributed by atoms with Crippen LogP contribution in [0.1, 0.15) is 56.1 Å². The van der Waals surface area contributed by atoms with Crippen molar-refractivity contribution >= 4 is 0 Å². The third kappa shape index (κ3) is 2.09. The van der Waals surface area contributed by atoms with Gasteiger partial charge < -0.3 is 0 Å². The number of halogens is 1. The topological polar surface area (TPSA) is 3.24 Å². The van der Waals surface area contributed by atoms with Crippen LogP contribution >= 0.6 is 0 Å². The van der Waals surface area contributed by atoms with Crippen molar-refractivity contribution in [3.05, 3.63) is 35.1 Å². The highest BCUT2D eigenvalue weighted by Crippen LogP contribution is 2.52. The van der Waals surface area contributed by atoms with Gasteiger partial charge in [0.15, 0.2) is 0 Å². The average Bonchev–Trinajstić information content (AvgIpc) is 3.10. The lowest BCUT2D eigenvalue weighted by molar-refractivity contribution is 0.161. The van der Waals surface area contributed by atoms with Crippen LogP contribution in [-0.2, 0) is 13.0 Å². The molecular weight excluding hydrogens is 249 g/mol. The van der Waals surface area contributed by atoms with Crippen LogP contribution in [0, 0.1) is 11.2 Å². The van der Waals surface area contributed by atoms with E-state index in [0.29, 0.717) is 11.5 Å². The van der Waals surface area contributed by atoms with E-state index in [4.69, 9.17) is 0 Å². The number of rotatable bonds is 1. The Morgan fingerprint density at radius 1 is 1.15 bits per heavy atom. The third-order valence-electron chi connectivity index (χ3n) is 6.10. The molecule has 1 aliphatic heterocycles.